The first kappa shape index (κ1) is 21.1. The predicted octanol–water partition coefficient (Wildman–Crippen LogP) is 4.47. The van der Waals surface area contributed by atoms with E-state index in [1.807, 2.05) is 45.0 Å². The highest BCUT2D eigenvalue weighted by Crippen LogP contribution is 2.38. The van der Waals surface area contributed by atoms with E-state index in [4.69, 9.17) is 22.1 Å². The van der Waals surface area contributed by atoms with Crippen LogP contribution in [0.4, 0.5) is 16.2 Å². The van der Waals surface area contributed by atoms with Crippen molar-refractivity contribution < 1.29 is 14.3 Å². The van der Waals surface area contributed by atoms with Crippen molar-refractivity contribution in [2.24, 2.45) is 5.73 Å². The summed E-state index contributed by atoms with van der Waals surface area (Å²) in [6.07, 6.45) is -0.537. The third-order valence-corrected chi connectivity index (χ3v) is 5.50. The molecule has 1 heterocycles. The molecule has 2 aromatic carbocycles. The molecule has 0 aromatic heterocycles. The number of carbonyl (C=O) groups excluding carboxylic acids is 2. The predicted molar refractivity (Wildman–Crippen MR) is 116 cm³/mol. The molecule has 0 aliphatic carbocycles. The van der Waals surface area contributed by atoms with E-state index in [1.165, 1.54) is 6.92 Å². The maximum atomic E-state index is 13.1. The Balaban J connectivity index is 2.01. The van der Waals surface area contributed by atoms with Crippen LogP contribution < -0.4 is 20.3 Å². The summed E-state index contributed by atoms with van der Waals surface area (Å²) < 4.78 is 5.59. The zero-order chi connectivity index (χ0) is 21.3. The molecular weight excluding hydrogens is 390 g/mol. The van der Waals surface area contributed by atoms with Gasteiger partial charge in [-0.2, -0.15) is 0 Å². The fourth-order valence-corrected chi connectivity index (χ4v) is 3.85. The van der Waals surface area contributed by atoms with Gasteiger partial charge >= 0.3 is 6.09 Å². The summed E-state index contributed by atoms with van der Waals surface area (Å²) in [6, 6.07) is 10.8. The number of aryl methyl sites for hydroxylation is 1. The van der Waals surface area contributed by atoms with Crippen LogP contribution in [0.3, 0.4) is 0 Å². The lowest BCUT2D eigenvalue weighted by Gasteiger charge is -2.40. The molecular formula is C22H26ClN3O3. The van der Waals surface area contributed by atoms with Crippen molar-refractivity contribution in [3.05, 3.63) is 52.5 Å². The second-order valence-electron chi connectivity index (χ2n) is 7.54. The van der Waals surface area contributed by atoms with Gasteiger partial charge in [-0.05, 0) is 61.7 Å². The standard InChI is InChI=1S/C22H26ClN3O3/c1-13-5-8-21(18(23)9-13)29-22(28)25-12-15(3)26(16(4)27)19-7-6-17(10-20(19)25)14(2)11-24/h5-10,14-15H,11-12,24H2,1-4H3/t14?,15-/m0/s1. The zero-order valence-electron chi connectivity index (χ0n) is 17.1. The van der Waals surface area contributed by atoms with Crippen LogP contribution in [0.5, 0.6) is 5.75 Å². The van der Waals surface area contributed by atoms with Crippen molar-refractivity contribution in [2.45, 2.75) is 39.7 Å². The Morgan fingerprint density at radius 2 is 1.97 bits per heavy atom. The largest absolute Gasteiger partial charge is 0.419 e. The first-order chi connectivity index (χ1) is 13.7. The fraction of sp³-hybridized carbons (Fsp3) is 0.364. The molecule has 0 bridgehead atoms. The fourth-order valence-electron chi connectivity index (χ4n) is 3.58. The molecule has 0 saturated heterocycles. The van der Waals surface area contributed by atoms with E-state index in [2.05, 4.69) is 0 Å². The Morgan fingerprint density at radius 1 is 1.24 bits per heavy atom. The maximum Gasteiger partial charge on any atom is 0.419 e. The van der Waals surface area contributed by atoms with Gasteiger partial charge in [0.25, 0.3) is 0 Å². The molecule has 0 saturated carbocycles. The molecule has 7 heteroatoms. The number of rotatable bonds is 3. The number of hydrogen-bond acceptors (Lipinski definition) is 4. The van der Waals surface area contributed by atoms with Gasteiger partial charge in [0.1, 0.15) is 0 Å². The number of halogens is 1. The topological polar surface area (TPSA) is 75.9 Å². The van der Waals surface area contributed by atoms with Gasteiger partial charge in [-0.25, -0.2) is 4.79 Å². The molecule has 1 aliphatic heterocycles. The third-order valence-electron chi connectivity index (χ3n) is 5.20. The molecule has 1 aliphatic rings. The molecule has 0 fully saturated rings. The zero-order valence-corrected chi connectivity index (χ0v) is 17.9. The average molecular weight is 416 g/mol. The van der Waals surface area contributed by atoms with Crippen molar-refractivity contribution in [2.75, 3.05) is 22.9 Å². The second-order valence-corrected chi connectivity index (χ2v) is 7.94. The molecule has 154 valence electrons. The lowest BCUT2D eigenvalue weighted by molar-refractivity contribution is -0.117. The third kappa shape index (κ3) is 4.23. The van der Waals surface area contributed by atoms with Crippen molar-refractivity contribution in [1.82, 2.24) is 0 Å². The van der Waals surface area contributed by atoms with E-state index in [9.17, 15) is 9.59 Å². The van der Waals surface area contributed by atoms with Gasteiger partial charge in [0.05, 0.1) is 22.4 Å². The van der Waals surface area contributed by atoms with Crippen LogP contribution in [0.15, 0.2) is 36.4 Å². The number of benzene rings is 2. The summed E-state index contributed by atoms with van der Waals surface area (Å²) in [7, 11) is 0. The van der Waals surface area contributed by atoms with Gasteiger partial charge < -0.3 is 15.4 Å². The molecule has 6 nitrogen and oxygen atoms in total. The van der Waals surface area contributed by atoms with Crippen LogP contribution >= 0.6 is 11.6 Å². The Bertz CT molecular complexity index is 947. The Kier molecular flexibility index (Phi) is 6.15. The Morgan fingerprint density at radius 3 is 2.59 bits per heavy atom. The van der Waals surface area contributed by atoms with Gasteiger partial charge in [-0.1, -0.05) is 30.7 Å². The van der Waals surface area contributed by atoms with Gasteiger partial charge in [0, 0.05) is 13.5 Å². The number of hydrogen-bond donors (Lipinski definition) is 1. The number of nitrogens with zero attached hydrogens (tertiary/aromatic N) is 2. The minimum absolute atomic E-state index is 0.0760. The number of nitrogens with two attached hydrogens (primary N) is 1. The Hall–Kier alpha value is -2.57. The van der Waals surface area contributed by atoms with Crippen molar-refractivity contribution in [1.29, 1.82) is 0 Å². The minimum Gasteiger partial charge on any atom is -0.408 e. The summed E-state index contributed by atoms with van der Waals surface area (Å²) in [5.74, 6) is 0.347. The molecule has 2 aromatic rings. The molecule has 0 radical (unpaired) electrons. The van der Waals surface area contributed by atoms with Crippen LogP contribution in [0.25, 0.3) is 0 Å². The molecule has 3 rings (SSSR count). The van der Waals surface area contributed by atoms with Gasteiger partial charge in [0.15, 0.2) is 5.75 Å². The first-order valence-corrected chi connectivity index (χ1v) is 10.00. The van der Waals surface area contributed by atoms with Crippen LogP contribution in [-0.2, 0) is 4.79 Å². The molecule has 0 spiro atoms. The molecule has 1 unspecified atom stereocenters. The van der Waals surface area contributed by atoms with Gasteiger partial charge in [-0.15, -0.1) is 0 Å². The first-order valence-electron chi connectivity index (χ1n) is 9.62. The summed E-state index contributed by atoms with van der Waals surface area (Å²) in [5, 5.41) is 0.375. The highest BCUT2D eigenvalue weighted by Gasteiger charge is 2.35. The van der Waals surface area contributed by atoms with Crippen molar-refractivity contribution >= 4 is 35.0 Å². The van der Waals surface area contributed by atoms with E-state index >= 15 is 0 Å². The van der Waals surface area contributed by atoms with E-state index in [1.54, 1.807) is 21.9 Å². The van der Waals surface area contributed by atoms with E-state index in [0.29, 0.717) is 35.2 Å². The summed E-state index contributed by atoms with van der Waals surface area (Å²) in [4.78, 5) is 28.6. The highest BCUT2D eigenvalue weighted by molar-refractivity contribution is 6.32. The van der Waals surface area contributed by atoms with Crippen LogP contribution in [-0.4, -0.2) is 31.1 Å². The maximum absolute atomic E-state index is 13.1. The van der Waals surface area contributed by atoms with Gasteiger partial charge in [-0.3, -0.25) is 9.69 Å². The van der Waals surface area contributed by atoms with Crippen LogP contribution in [0, 0.1) is 6.92 Å². The average Bonchev–Trinajstić information content (AvgIpc) is 2.68. The Labute approximate surface area is 176 Å². The van der Waals surface area contributed by atoms with Crippen LogP contribution in [0.1, 0.15) is 37.8 Å². The van der Waals surface area contributed by atoms with E-state index in [0.717, 1.165) is 11.1 Å². The lowest BCUT2D eigenvalue weighted by atomic mass is 9.98. The number of carbonyl (C=O) groups is 2. The highest BCUT2D eigenvalue weighted by atomic mass is 35.5. The van der Waals surface area contributed by atoms with Crippen molar-refractivity contribution in [3.8, 4) is 5.75 Å². The minimum atomic E-state index is -0.537. The summed E-state index contributed by atoms with van der Waals surface area (Å²) in [5.41, 5.74) is 9.10. The molecule has 2 amide bonds. The van der Waals surface area contributed by atoms with Crippen molar-refractivity contribution in [3.63, 3.8) is 0 Å². The van der Waals surface area contributed by atoms with Gasteiger partial charge in [0.2, 0.25) is 5.91 Å². The molecule has 2 N–H and O–H groups in total. The second kappa shape index (κ2) is 8.43. The summed E-state index contributed by atoms with van der Waals surface area (Å²) >= 11 is 6.23. The number of amides is 2. The normalized spacial score (nSPS) is 17.0. The SMILES string of the molecule is CC(=O)N1c2ccc(C(C)CN)cc2N(C(=O)Oc2ccc(C)cc2Cl)C[C@@H]1C. The number of anilines is 2. The lowest BCUT2D eigenvalue weighted by Crippen LogP contribution is -2.52. The summed E-state index contributed by atoms with van der Waals surface area (Å²) in [6.45, 7) is 8.15. The smallest absolute Gasteiger partial charge is 0.408 e. The molecule has 29 heavy (non-hydrogen) atoms. The van der Waals surface area contributed by atoms with E-state index in [-0.39, 0.29) is 17.9 Å². The van der Waals surface area contributed by atoms with Crippen LogP contribution in [0.2, 0.25) is 5.02 Å². The molecule has 2 atom stereocenters. The monoisotopic (exact) mass is 415 g/mol. The van der Waals surface area contributed by atoms with E-state index < -0.39 is 6.09 Å². The number of ether oxygens (including phenoxy) is 1. The number of fused-ring (bicyclic) bond motifs is 1. The quantitative estimate of drug-likeness (QED) is 0.802.